The lowest BCUT2D eigenvalue weighted by Crippen LogP contribution is -2.11. The monoisotopic (exact) mass is 742 g/mol. The third kappa shape index (κ3) is 4.95. The highest BCUT2D eigenvalue weighted by Gasteiger charge is 2.23. The van der Waals surface area contributed by atoms with E-state index < -0.39 is 0 Å². The Hall–Kier alpha value is -7.82. The number of hydrogen-bond donors (Lipinski definition) is 0. The second-order valence-electron chi connectivity index (χ2n) is 14.8. The van der Waals surface area contributed by atoms with Gasteiger partial charge in [-0.05, 0) is 66.2 Å². The fourth-order valence-electron chi connectivity index (χ4n) is 9.02. The average Bonchev–Trinajstić information content (AvgIpc) is 3.96. The molecule has 0 saturated carbocycles. The normalized spacial score (nSPS) is 11.8. The van der Waals surface area contributed by atoms with Gasteiger partial charge in [0.1, 0.15) is 22.3 Å². The molecule has 0 radical (unpaired) electrons. The van der Waals surface area contributed by atoms with E-state index in [1.54, 1.807) is 0 Å². The first-order valence-electron chi connectivity index (χ1n) is 19.7. The van der Waals surface area contributed by atoms with E-state index in [1.165, 1.54) is 10.8 Å². The minimum absolute atomic E-state index is 0.868. The highest BCUT2D eigenvalue weighted by atomic mass is 16.3. The molecule has 0 aliphatic heterocycles. The van der Waals surface area contributed by atoms with Crippen molar-refractivity contribution in [3.05, 3.63) is 206 Å². The number of para-hydroxylation sites is 6. The van der Waals surface area contributed by atoms with Crippen molar-refractivity contribution in [2.24, 2.45) is 0 Å². The van der Waals surface area contributed by atoms with E-state index in [1.807, 2.05) is 24.3 Å². The molecule has 12 aromatic rings. The van der Waals surface area contributed by atoms with Crippen LogP contribution in [0.1, 0.15) is 0 Å². The van der Waals surface area contributed by atoms with Gasteiger partial charge in [-0.3, -0.25) is 0 Å². The highest BCUT2D eigenvalue weighted by Crippen LogP contribution is 2.46. The second-order valence-corrected chi connectivity index (χ2v) is 14.8. The summed E-state index contributed by atoms with van der Waals surface area (Å²) in [6.45, 7) is 0. The Labute approximate surface area is 334 Å². The number of fused-ring (bicyclic) bond motifs is 9. The van der Waals surface area contributed by atoms with Gasteiger partial charge in [0.15, 0.2) is 0 Å². The zero-order chi connectivity index (χ0) is 38.2. The molecule has 9 aromatic carbocycles. The van der Waals surface area contributed by atoms with Gasteiger partial charge < -0.3 is 18.3 Å². The molecule has 3 heterocycles. The second kappa shape index (κ2) is 12.9. The summed E-state index contributed by atoms with van der Waals surface area (Å²) >= 11 is 0. The van der Waals surface area contributed by atoms with Gasteiger partial charge in [0.25, 0.3) is 0 Å². The molecule has 0 fully saturated rings. The first-order chi connectivity index (χ1) is 28.8. The van der Waals surface area contributed by atoms with Crippen molar-refractivity contribution in [3.63, 3.8) is 0 Å². The quantitative estimate of drug-likeness (QED) is 0.170. The Bertz CT molecular complexity index is 3530. The number of hydrogen-bond acceptors (Lipinski definition) is 3. The lowest BCUT2D eigenvalue weighted by molar-refractivity contribution is 0.669. The topological polar surface area (TPSA) is 34.5 Å². The fourth-order valence-corrected chi connectivity index (χ4v) is 9.02. The van der Waals surface area contributed by atoms with E-state index in [0.29, 0.717) is 0 Å². The molecule has 58 heavy (non-hydrogen) atoms. The zero-order valence-electron chi connectivity index (χ0n) is 31.3. The molecule has 4 heteroatoms. The predicted molar refractivity (Wildman–Crippen MR) is 241 cm³/mol. The number of anilines is 3. The van der Waals surface area contributed by atoms with Gasteiger partial charge in [0.2, 0.25) is 0 Å². The number of furan rings is 2. The van der Waals surface area contributed by atoms with Gasteiger partial charge in [-0.1, -0.05) is 146 Å². The highest BCUT2D eigenvalue weighted by molar-refractivity contribution is 6.13. The van der Waals surface area contributed by atoms with E-state index in [4.69, 9.17) is 8.83 Å². The van der Waals surface area contributed by atoms with Gasteiger partial charge in [0, 0.05) is 60.4 Å². The molecule has 12 rings (SSSR count). The summed E-state index contributed by atoms with van der Waals surface area (Å²) in [7, 11) is 0. The van der Waals surface area contributed by atoms with Gasteiger partial charge in [-0.2, -0.15) is 0 Å². The molecule has 0 aliphatic rings. The molecule has 0 aliphatic carbocycles. The van der Waals surface area contributed by atoms with Crippen LogP contribution in [-0.2, 0) is 0 Å². The summed E-state index contributed by atoms with van der Waals surface area (Å²) in [5.74, 6) is 0. The van der Waals surface area contributed by atoms with Gasteiger partial charge in [-0.25, -0.2) is 0 Å². The summed E-state index contributed by atoms with van der Waals surface area (Å²) in [5.41, 5.74) is 14.5. The molecular weight excluding hydrogens is 709 g/mol. The molecule has 3 aromatic heterocycles. The molecule has 0 bridgehead atoms. The van der Waals surface area contributed by atoms with Crippen LogP contribution in [0.5, 0.6) is 0 Å². The summed E-state index contributed by atoms with van der Waals surface area (Å²) in [4.78, 5) is 2.39. The van der Waals surface area contributed by atoms with Crippen LogP contribution in [0.15, 0.2) is 215 Å². The Morgan fingerprint density at radius 3 is 1.79 bits per heavy atom. The van der Waals surface area contributed by atoms with E-state index in [2.05, 4.69) is 191 Å². The van der Waals surface area contributed by atoms with E-state index in [0.717, 1.165) is 99.9 Å². The minimum Gasteiger partial charge on any atom is -0.456 e. The van der Waals surface area contributed by atoms with E-state index in [9.17, 15) is 0 Å². The van der Waals surface area contributed by atoms with E-state index >= 15 is 0 Å². The molecule has 0 unspecified atom stereocenters. The molecule has 272 valence electrons. The summed E-state index contributed by atoms with van der Waals surface area (Å²) < 4.78 is 15.4. The Kier molecular flexibility index (Phi) is 7.20. The molecule has 0 spiro atoms. The van der Waals surface area contributed by atoms with Gasteiger partial charge in [0.05, 0.1) is 22.4 Å². The Morgan fingerprint density at radius 1 is 0.345 bits per heavy atom. The van der Waals surface area contributed by atoms with Crippen molar-refractivity contribution < 1.29 is 8.83 Å². The van der Waals surface area contributed by atoms with Crippen LogP contribution in [0, 0.1) is 0 Å². The SMILES string of the molecule is c1ccc(-c2ccccc2N(c2ccc3oc4ccccc4c3c2)c2ccc3c4ccccc4n(-c4ccccc4-c4cccc5c4oc4ccccc45)c3c2)cc1. The van der Waals surface area contributed by atoms with Crippen LogP contribution in [-0.4, -0.2) is 4.57 Å². The molecular formula is C54H34N2O2. The van der Waals surface area contributed by atoms with Crippen molar-refractivity contribution in [1.82, 2.24) is 4.57 Å². The summed E-state index contributed by atoms with van der Waals surface area (Å²) in [6, 6.07) is 73.3. The summed E-state index contributed by atoms with van der Waals surface area (Å²) in [5, 5.41) is 6.80. The largest absolute Gasteiger partial charge is 0.456 e. The smallest absolute Gasteiger partial charge is 0.143 e. The number of nitrogens with zero attached hydrogens (tertiary/aromatic N) is 2. The van der Waals surface area contributed by atoms with Crippen molar-refractivity contribution in [2.75, 3.05) is 4.90 Å². The Morgan fingerprint density at radius 2 is 0.931 bits per heavy atom. The van der Waals surface area contributed by atoms with Gasteiger partial charge in [-0.15, -0.1) is 0 Å². The van der Waals surface area contributed by atoms with Crippen LogP contribution in [0.3, 0.4) is 0 Å². The summed E-state index contributed by atoms with van der Waals surface area (Å²) in [6.07, 6.45) is 0. The first kappa shape index (κ1) is 32.4. The molecule has 4 nitrogen and oxygen atoms in total. The Balaban J connectivity index is 1.13. The van der Waals surface area contributed by atoms with Crippen molar-refractivity contribution in [3.8, 4) is 27.9 Å². The first-order valence-corrected chi connectivity index (χ1v) is 19.7. The maximum absolute atomic E-state index is 6.61. The van der Waals surface area contributed by atoms with Gasteiger partial charge >= 0.3 is 0 Å². The van der Waals surface area contributed by atoms with Crippen LogP contribution in [0.2, 0.25) is 0 Å². The van der Waals surface area contributed by atoms with Crippen LogP contribution >= 0.6 is 0 Å². The minimum atomic E-state index is 0.868. The molecule has 0 amide bonds. The number of benzene rings is 9. The maximum atomic E-state index is 6.61. The predicted octanol–water partition coefficient (Wildman–Crippen LogP) is 15.4. The van der Waals surface area contributed by atoms with E-state index in [-0.39, 0.29) is 0 Å². The fraction of sp³-hybridized carbons (Fsp3) is 0. The van der Waals surface area contributed by atoms with Crippen molar-refractivity contribution in [2.45, 2.75) is 0 Å². The van der Waals surface area contributed by atoms with Crippen LogP contribution in [0.4, 0.5) is 17.1 Å². The number of aromatic nitrogens is 1. The van der Waals surface area contributed by atoms with Crippen molar-refractivity contribution in [1.29, 1.82) is 0 Å². The average molecular weight is 743 g/mol. The van der Waals surface area contributed by atoms with Crippen LogP contribution < -0.4 is 4.90 Å². The maximum Gasteiger partial charge on any atom is 0.143 e. The molecule has 0 atom stereocenters. The lowest BCUT2D eigenvalue weighted by Gasteiger charge is -2.28. The standard InChI is InChI=1S/C54H34N2O2/c1-2-15-35(16-3-1)38-17-4-9-24-47(38)55(36-30-32-53-46(33-36)43-21-8-12-27-51(43)57-53)37-29-31-41-39-18-5-10-25-48(39)56(50(41)34-37)49-26-11-6-19-40(49)44-22-14-23-45-42-20-7-13-28-52(42)58-54(44)45/h1-34H. The lowest BCUT2D eigenvalue weighted by atomic mass is 10.0. The van der Waals surface area contributed by atoms with Crippen molar-refractivity contribution >= 4 is 82.7 Å². The molecule has 0 saturated heterocycles. The third-order valence-electron chi connectivity index (χ3n) is 11.6. The molecule has 0 N–H and O–H groups in total. The van der Waals surface area contributed by atoms with Crippen LogP contribution in [0.25, 0.3) is 93.6 Å². The zero-order valence-corrected chi connectivity index (χ0v) is 31.3. The third-order valence-corrected chi connectivity index (χ3v) is 11.6. The number of rotatable bonds is 6.